The van der Waals surface area contributed by atoms with Gasteiger partial charge < -0.3 is 24.1 Å². The van der Waals surface area contributed by atoms with Gasteiger partial charge in [0.25, 0.3) is 11.8 Å². The van der Waals surface area contributed by atoms with E-state index in [1.54, 1.807) is 24.3 Å². The maximum atomic E-state index is 12.3. The van der Waals surface area contributed by atoms with E-state index in [0.717, 1.165) is 12.8 Å². The summed E-state index contributed by atoms with van der Waals surface area (Å²) in [5.74, 6) is 1.50. The predicted molar refractivity (Wildman–Crippen MR) is 92.2 cm³/mol. The molecular formula is C19H20N2O5. The second kappa shape index (κ2) is 7.11. The van der Waals surface area contributed by atoms with Crippen LogP contribution < -0.4 is 14.8 Å². The Kier molecular flexibility index (Phi) is 4.51. The van der Waals surface area contributed by atoms with Crippen molar-refractivity contribution in [3.63, 3.8) is 0 Å². The van der Waals surface area contributed by atoms with E-state index in [1.807, 2.05) is 4.90 Å². The number of rotatable bonds is 4. The number of hydrogen-bond donors (Lipinski definition) is 1. The molecule has 1 saturated heterocycles. The summed E-state index contributed by atoms with van der Waals surface area (Å²) in [4.78, 5) is 26.5. The molecule has 7 heteroatoms. The first-order valence-corrected chi connectivity index (χ1v) is 8.70. The fraction of sp³-hybridized carbons (Fsp3) is 0.368. The molecule has 3 heterocycles. The van der Waals surface area contributed by atoms with Gasteiger partial charge in [0.2, 0.25) is 6.79 Å². The van der Waals surface area contributed by atoms with Crippen LogP contribution >= 0.6 is 0 Å². The van der Waals surface area contributed by atoms with Gasteiger partial charge in [-0.15, -0.1) is 0 Å². The van der Waals surface area contributed by atoms with Gasteiger partial charge in [0, 0.05) is 25.2 Å². The predicted octanol–water partition coefficient (Wildman–Crippen LogP) is 2.29. The fourth-order valence-electron chi connectivity index (χ4n) is 3.29. The van der Waals surface area contributed by atoms with Gasteiger partial charge in [0.05, 0.1) is 11.8 Å². The van der Waals surface area contributed by atoms with E-state index in [9.17, 15) is 9.59 Å². The molecule has 0 bridgehead atoms. The summed E-state index contributed by atoms with van der Waals surface area (Å²) >= 11 is 0. The Labute approximate surface area is 150 Å². The zero-order chi connectivity index (χ0) is 17.9. The molecular weight excluding hydrogens is 336 g/mol. The van der Waals surface area contributed by atoms with Crippen LogP contribution in [-0.2, 0) is 0 Å². The van der Waals surface area contributed by atoms with E-state index < -0.39 is 0 Å². The van der Waals surface area contributed by atoms with Crippen molar-refractivity contribution >= 4 is 11.8 Å². The molecule has 2 aliphatic rings. The number of carbonyl (C=O) groups excluding carboxylic acids is 2. The normalized spacial score (nSPS) is 16.5. The lowest BCUT2D eigenvalue weighted by atomic mass is 9.96. The van der Waals surface area contributed by atoms with Crippen molar-refractivity contribution < 1.29 is 23.5 Å². The van der Waals surface area contributed by atoms with Crippen LogP contribution in [0.15, 0.2) is 41.2 Å². The number of furan rings is 1. The highest BCUT2D eigenvalue weighted by molar-refractivity contribution is 5.95. The summed E-state index contributed by atoms with van der Waals surface area (Å²) < 4.78 is 15.5. The summed E-state index contributed by atoms with van der Waals surface area (Å²) in [5.41, 5.74) is 1.14. The first-order chi connectivity index (χ1) is 12.7. The molecule has 4 rings (SSSR count). The number of fused-ring (bicyclic) bond motifs is 1. The smallest absolute Gasteiger partial charge is 0.257 e. The molecule has 0 aliphatic carbocycles. The van der Waals surface area contributed by atoms with Crippen LogP contribution in [0.5, 0.6) is 11.5 Å². The van der Waals surface area contributed by atoms with Crippen molar-refractivity contribution in [1.29, 1.82) is 0 Å². The van der Waals surface area contributed by atoms with E-state index in [4.69, 9.17) is 13.9 Å². The van der Waals surface area contributed by atoms with Gasteiger partial charge in [0.1, 0.15) is 6.26 Å². The second-order valence-electron chi connectivity index (χ2n) is 6.53. The van der Waals surface area contributed by atoms with E-state index in [2.05, 4.69) is 5.32 Å². The van der Waals surface area contributed by atoms with Gasteiger partial charge in [0.15, 0.2) is 11.5 Å². The molecule has 136 valence electrons. The van der Waals surface area contributed by atoms with E-state index in [-0.39, 0.29) is 18.6 Å². The molecule has 1 aromatic carbocycles. The minimum Gasteiger partial charge on any atom is -0.472 e. The topological polar surface area (TPSA) is 81.0 Å². The molecule has 7 nitrogen and oxygen atoms in total. The van der Waals surface area contributed by atoms with Gasteiger partial charge >= 0.3 is 0 Å². The Morgan fingerprint density at radius 2 is 1.88 bits per heavy atom. The van der Waals surface area contributed by atoms with Crippen LogP contribution in [0, 0.1) is 5.92 Å². The van der Waals surface area contributed by atoms with Crippen LogP contribution in [0.2, 0.25) is 0 Å². The minimum atomic E-state index is -0.125. The van der Waals surface area contributed by atoms with Crippen LogP contribution in [0.3, 0.4) is 0 Å². The average Bonchev–Trinajstić information content (AvgIpc) is 3.37. The third kappa shape index (κ3) is 3.37. The molecule has 0 saturated carbocycles. The van der Waals surface area contributed by atoms with Crippen LogP contribution in [0.1, 0.15) is 33.6 Å². The minimum absolute atomic E-state index is 0.00148. The van der Waals surface area contributed by atoms with E-state index in [0.29, 0.717) is 48.2 Å². The maximum Gasteiger partial charge on any atom is 0.257 e. The number of likely N-dealkylation sites (tertiary alicyclic amines) is 1. The number of carbonyl (C=O) groups is 2. The Morgan fingerprint density at radius 3 is 2.65 bits per heavy atom. The number of piperidine rings is 1. The third-order valence-corrected chi connectivity index (χ3v) is 4.86. The SMILES string of the molecule is O=C(NCC1CCN(C(=O)c2ccoc2)CC1)c1ccc2c(c1)OCO2. The molecule has 1 N–H and O–H groups in total. The highest BCUT2D eigenvalue weighted by Crippen LogP contribution is 2.32. The molecule has 26 heavy (non-hydrogen) atoms. The summed E-state index contributed by atoms with van der Waals surface area (Å²) in [6.07, 6.45) is 4.71. The molecule has 0 atom stereocenters. The number of nitrogens with zero attached hydrogens (tertiary/aromatic N) is 1. The molecule has 2 aliphatic heterocycles. The monoisotopic (exact) mass is 356 g/mol. The third-order valence-electron chi connectivity index (χ3n) is 4.86. The summed E-state index contributed by atoms with van der Waals surface area (Å²) in [5, 5.41) is 2.98. The number of ether oxygens (including phenoxy) is 2. The lowest BCUT2D eigenvalue weighted by Crippen LogP contribution is -2.41. The van der Waals surface area contributed by atoms with Gasteiger partial charge in [-0.05, 0) is 43.0 Å². The quantitative estimate of drug-likeness (QED) is 0.909. The molecule has 1 aromatic heterocycles. The average molecular weight is 356 g/mol. The van der Waals surface area contributed by atoms with Gasteiger partial charge in [-0.2, -0.15) is 0 Å². The largest absolute Gasteiger partial charge is 0.472 e. The number of hydrogen-bond acceptors (Lipinski definition) is 5. The van der Waals surface area contributed by atoms with E-state index in [1.165, 1.54) is 12.5 Å². The molecule has 0 unspecified atom stereocenters. The Bertz CT molecular complexity index is 794. The van der Waals surface area contributed by atoms with Crippen molar-refractivity contribution in [2.45, 2.75) is 12.8 Å². The number of nitrogens with one attached hydrogen (secondary N) is 1. The van der Waals surface area contributed by atoms with Crippen molar-refractivity contribution in [2.75, 3.05) is 26.4 Å². The lowest BCUT2D eigenvalue weighted by Gasteiger charge is -2.31. The first kappa shape index (κ1) is 16.5. The maximum absolute atomic E-state index is 12.3. The number of amides is 2. The lowest BCUT2D eigenvalue weighted by molar-refractivity contribution is 0.0683. The summed E-state index contributed by atoms with van der Waals surface area (Å²) in [7, 11) is 0. The summed E-state index contributed by atoms with van der Waals surface area (Å²) in [6.45, 7) is 2.17. The highest BCUT2D eigenvalue weighted by Gasteiger charge is 2.24. The fourth-order valence-corrected chi connectivity index (χ4v) is 3.29. The van der Waals surface area contributed by atoms with Gasteiger partial charge in [-0.25, -0.2) is 0 Å². The number of benzene rings is 1. The molecule has 1 fully saturated rings. The Morgan fingerprint density at radius 1 is 1.08 bits per heavy atom. The first-order valence-electron chi connectivity index (χ1n) is 8.70. The molecule has 0 spiro atoms. The van der Waals surface area contributed by atoms with Crippen LogP contribution in [0.4, 0.5) is 0 Å². The van der Waals surface area contributed by atoms with Crippen molar-refractivity contribution in [2.24, 2.45) is 5.92 Å². The van der Waals surface area contributed by atoms with Crippen LogP contribution in [0.25, 0.3) is 0 Å². The highest BCUT2D eigenvalue weighted by atomic mass is 16.7. The van der Waals surface area contributed by atoms with Gasteiger partial charge in [-0.1, -0.05) is 0 Å². The van der Waals surface area contributed by atoms with Gasteiger partial charge in [-0.3, -0.25) is 9.59 Å². The Hall–Kier alpha value is -2.96. The second-order valence-corrected chi connectivity index (χ2v) is 6.53. The zero-order valence-electron chi connectivity index (χ0n) is 14.3. The van der Waals surface area contributed by atoms with Crippen molar-refractivity contribution in [3.05, 3.63) is 47.9 Å². The Balaban J connectivity index is 1.26. The molecule has 2 aromatic rings. The summed E-state index contributed by atoms with van der Waals surface area (Å²) in [6, 6.07) is 6.86. The van der Waals surface area contributed by atoms with Crippen LogP contribution in [-0.4, -0.2) is 43.1 Å². The molecule has 2 amide bonds. The van der Waals surface area contributed by atoms with E-state index >= 15 is 0 Å². The zero-order valence-corrected chi connectivity index (χ0v) is 14.3. The standard InChI is InChI=1S/C19H20N2O5/c22-18(14-1-2-16-17(9-14)26-12-25-16)20-10-13-3-6-21(7-4-13)19(23)15-5-8-24-11-15/h1-2,5,8-9,11,13H,3-4,6-7,10,12H2,(H,20,22). The van der Waals surface area contributed by atoms with Crippen molar-refractivity contribution in [3.8, 4) is 11.5 Å². The molecule has 0 radical (unpaired) electrons. The van der Waals surface area contributed by atoms with Crippen molar-refractivity contribution in [1.82, 2.24) is 10.2 Å².